The summed E-state index contributed by atoms with van der Waals surface area (Å²) in [4.78, 5) is 14.4. The predicted molar refractivity (Wildman–Crippen MR) is 140 cm³/mol. The molecule has 36 heavy (non-hydrogen) atoms. The first-order chi connectivity index (χ1) is 17.2. The topological polar surface area (TPSA) is 38.8 Å². The minimum absolute atomic E-state index is 0.0664. The van der Waals surface area contributed by atoms with Crippen molar-refractivity contribution in [2.75, 3.05) is 11.5 Å². The van der Waals surface area contributed by atoms with Gasteiger partial charge < -0.3 is 9.47 Å². The second-order valence-corrected chi connectivity index (χ2v) is 9.73. The molecule has 0 atom stereocenters. The molecule has 3 aromatic rings. The van der Waals surface area contributed by atoms with Crippen LogP contribution < -0.4 is 14.4 Å². The molecule has 4 nitrogen and oxygen atoms in total. The number of hydrogen-bond donors (Lipinski definition) is 0. The van der Waals surface area contributed by atoms with Crippen LogP contribution in [0.3, 0.4) is 0 Å². The maximum Gasteiger partial charge on any atom is 0.416 e. The number of thiocarbonyl (C=S) groups is 1. The average molecular weight is 550 g/mol. The molecule has 1 amide bonds. The molecule has 0 spiro atoms. The zero-order valence-electron chi connectivity index (χ0n) is 18.8. The number of amides is 1. The number of rotatable bonds is 7. The number of carbonyl (C=O) groups is 1. The molecule has 0 saturated carbocycles. The van der Waals surface area contributed by atoms with Gasteiger partial charge in [-0.15, -0.1) is 0 Å². The summed E-state index contributed by atoms with van der Waals surface area (Å²) in [5.74, 6) is 0.527. The van der Waals surface area contributed by atoms with Gasteiger partial charge >= 0.3 is 6.18 Å². The minimum atomic E-state index is -4.53. The van der Waals surface area contributed by atoms with Gasteiger partial charge in [0.25, 0.3) is 5.91 Å². The second-order valence-electron chi connectivity index (χ2n) is 7.62. The summed E-state index contributed by atoms with van der Waals surface area (Å²) in [5.41, 5.74) is 0.802. The number of hydrogen-bond acceptors (Lipinski definition) is 5. The van der Waals surface area contributed by atoms with Crippen molar-refractivity contribution < 1.29 is 27.4 Å². The Kier molecular flexibility index (Phi) is 7.92. The molecule has 186 valence electrons. The lowest BCUT2D eigenvalue weighted by atomic mass is 10.1. The number of carbonyl (C=O) groups excluding carboxylic acids is 1. The van der Waals surface area contributed by atoms with Crippen molar-refractivity contribution >= 4 is 57.6 Å². The van der Waals surface area contributed by atoms with Crippen LogP contribution in [0, 0.1) is 0 Å². The SMILES string of the molecule is CCOc1cc(/C=C2/SC(=S)N(c3cccc(C(F)(F)F)c3)C2=O)ccc1OCc1ccc(Cl)cc1. The maximum absolute atomic E-state index is 13.1. The van der Waals surface area contributed by atoms with E-state index in [1.807, 2.05) is 19.1 Å². The molecule has 1 fully saturated rings. The molecule has 1 aliphatic rings. The van der Waals surface area contributed by atoms with Crippen molar-refractivity contribution in [3.8, 4) is 11.5 Å². The van der Waals surface area contributed by atoms with E-state index in [-0.39, 0.29) is 14.9 Å². The van der Waals surface area contributed by atoms with Gasteiger partial charge in [-0.3, -0.25) is 9.69 Å². The standard InChI is InChI=1S/C26H19ClF3NO3S2/c1-2-33-22-12-17(8-11-21(22)34-15-16-6-9-19(27)10-7-16)13-23-24(32)31(25(35)36-23)20-5-3-4-18(14-20)26(28,29)30/h3-14H,2,15H2,1H3/b23-13+. The van der Waals surface area contributed by atoms with Crippen LogP contribution in [0.15, 0.2) is 71.6 Å². The van der Waals surface area contributed by atoms with Crippen molar-refractivity contribution in [2.24, 2.45) is 0 Å². The molecule has 0 aromatic heterocycles. The number of anilines is 1. The third-order valence-corrected chi connectivity index (χ3v) is 6.65. The van der Waals surface area contributed by atoms with Crippen molar-refractivity contribution in [3.63, 3.8) is 0 Å². The predicted octanol–water partition coefficient (Wildman–Crippen LogP) is 7.74. The Labute approximate surface area is 220 Å². The Morgan fingerprint density at radius 3 is 2.47 bits per heavy atom. The monoisotopic (exact) mass is 549 g/mol. The fourth-order valence-electron chi connectivity index (χ4n) is 3.41. The Bertz CT molecular complexity index is 1330. The van der Waals surface area contributed by atoms with Gasteiger partial charge in [-0.2, -0.15) is 13.2 Å². The van der Waals surface area contributed by atoms with Crippen LogP contribution in [0.2, 0.25) is 5.02 Å². The number of benzene rings is 3. The Balaban J connectivity index is 1.55. The molecule has 0 bridgehead atoms. The molecule has 4 rings (SSSR count). The summed E-state index contributed by atoms with van der Waals surface area (Å²) >= 11 is 12.2. The third-order valence-electron chi connectivity index (χ3n) is 5.10. The zero-order valence-corrected chi connectivity index (χ0v) is 21.2. The van der Waals surface area contributed by atoms with Crippen molar-refractivity contribution in [2.45, 2.75) is 19.7 Å². The fourth-order valence-corrected chi connectivity index (χ4v) is 4.83. The summed E-state index contributed by atoms with van der Waals surface area (Å²) < 4.78 is 51.2. The second kappa shape index (κ2) is 10.9. The van der Waals surface area contributed by atoms with Gasteiger partial charge in [-0.25, -0.2) is 0 Å². The first-order valence-corrected chi connectivity index (χ1v) is 12.4. The lowest BCUT2D eigenvalue weighted by molar-refractivity contribution is -0.137. The van der Waals surface area contributed by atoms with Gasteiger partial charge in [-0.1, -0.05) is 59.8 Å². The van der Waals surface area contributed by atoms with E-state index >= 15 is 0 Å². The Hall–Kier alpha value is -3.01. The van der Waals surface area contributed by atoms with E-state index in [1.165, 1.54) is 12.1 Å². The van der Waals surface area contributed by atoms with Crippen LogP contribution in [0.25, 0.3) is 6.08 Å². The van der Waals surface area contributed by atoms with Crippen molar-refractivity contribution in [1.82, 2.24) is 0 Å². The van der Waals surface area contributed by atoms with Crippen LogP contribution in [0.1, 0.15) is 23.6 Å². The first-order valence-electron chi connectivity index (χ1n) is 10.7. The van der Waals surface area contributed by atoms with Gasteiger partial charge in [0.2, 0.25) is 0 Å². The largest absolute Gasteiger partial charge is 0.490 e. The van der Waals surface area contributed by atoms with Crippen LogP contribution in [-0.4, -0.2) is 16.8 Å². The highest BCUT2D eigenvalue weighted by molar-refractivity contribution is 8.27. The third kappa shape index (κ3) is 6.03. The smallest absolute Gasteiger partial charge is 0.416 e. The van der Waals surface area contributed by atoms with E-state index in [2.05, 4.69) is 0 Å². The van der Waals surface area contributed by atoms with Crippen LogP contribution >= 0.6 is 35.6 Å². The lowest BCUT2D eigenvalue weighted by Crippen LogP contribution is -2.27. The molecule has 0 unspecified atom stereocenters. The number of alkyl halides is 3. The number of ether oxygens (including phenoxy) is 2. The van der Waals surface area contributed by atoms with Gasteiger partial charge in [0.15, 0.2) is 15.8 Å². The van der Waals surface area contributed by atoms with Crippen LogP contribution in [0.4, 0.5) is 18.9 Å². The molecular formula is C26H19ClF3NO3S2. The molecular weight excluding hydrogens is 531 g/mol. The quantitative estimate of drug-likeness (QED) is 0.223. The fraction of sp³-hybridized carbons (Fsp3) is 0.154. The highest BCUT2D eigenvalue weighted by Gasteiger charge is 2.36. The van der Waals surface area contributed by atoms with E-state index in [0.717, 1.165) is 34.4 Å². The van der Waals surface area contributed by atoms with Gasteiger partial charge in [-0.05, 0) is 66.6 Å². The van der Waals surface area contributed by atoms with E-state index in [9.17, 15) is 18.0 Å². The summed E-state index contributed by atoms with van der Waals surface area (Å²) in [6.07, 6.45) is -2.91. The van der Waals surface area contributed by atoms with Crippen LogP contribution in [0.5, 0.6) is 11.5 Å². The summed E-state index contributed by atoms with van der Waals surface area (Å²) in [7, 11) is 0. The van der Waals surface area contributed by atoms with Gasteiger partial charge in [0.05, 0.1) is 22.8 Å². The Morgan fingerprint density at radius 1 is 1.03 bits per heavy atom. The molecule has 1 heterocycles. The van der Waals surface area contributed by atoms with Crippen molar-refractivity contribution in [3.05, 3.63) is 93.3 Å². The highest BCUT2D eigenvalue weighted by Crippen LogP contribution is 2.39. The number of thioether (sulfide) groups is 1. The first kappa shape index (κ1) is 26.1. The molecule has 3 aromatic carbocycles. The molecule has 0 radical (unpaired) electrons. The molecule has 0 N–H and O–H groups in total. The molecule has 1 aliphatic heterocycles. The zero-order chi connectivity index (χ0) is 25.9. The molecule has 10 heteroatoms. The summed E-state index contributed by atoms with van der Waals surface area (Å²) in [5, 5.41) is 0.636. The normalized spacial score (nSPS) is 15.0. The minimum Gasteiger partial charge on any atom is -0.490 e. The van der Waals surface area contributed by atoms with E-state index < -0.39 is 17.6 Å². The highest BCUT2D eigenvalue weighted by atomic mass is 35.5. The maximum atomic E-state index is 13.1. The summed E-state index contributed by atoms with van der Waals surface area (Å²) in [6.45, 7) is 2.56. The number of nitrogens with zero attached hydrogens (tertiary/aromatic N) is 1. The van der Waals surface area contributed by atoms with Gasteiger partial charge in [0.1, 0.15) is 6.61 Å². The van der Waals surface area contributed by atoms with E-state index in [0.29, 0.717) is 35.3 Å². The number of halogens is 4. The molecule has 1 saturated heterocycles. The average Bonchev–Trinajstić information content (AvgIpc) is 3.12. The molecule has 0 aliphatic carbocycles. The van der Waals surface area contributed by atoms with Crippen molar-refractivity contribution in [1.29, 1.82) is 0 Å². The van der Waals surface area contributed by atoms with E-state index in [4.69, 9.17) is 33.3 Å². The lowest BCUT2D eigenvalue weighted by Gasteiger charge is -2.16. The van der Waals surface area contributed by atoms with E-state index in [1.54, 1.807) is 36.4 Å². The van der Waals surface area contributed by atoms with Gasteiger partial charge in [0, 0.05) is 5.02 Å². The summed E-state index contributed by atoms with van der Waals surface area (Å²) in [6, 6.07) is 17.0. The van der Waals surface area contributed by atoms with Crippen LogP contribution in [-0.2, 0) is 17.6 Å². The Morgan fingerprint density at radius 2 is 1.78 bits per heavy atom.